The van der Waals surface area contributed by atoms with Gasteiger partial charge in [-0.3, -0.25) is 9.97 Å². The molecule has 0 fully saturated rings. The van der Waals surface area contributed by atoms with Crippen molar-refractivity contribution in [2.45, 2.75) is 12.8 Å². The number of fused-ring (bicyclic) bond motifs is 1. The lowest BCUT2D eigenvalue weighted by molar-refractivity contribution is -0.0962. The molecular formula is C29H23N7O3. The second-order valence-electron chi connectivity index (χ2n) is 8.64. The van der Waals surface area contributed by atoms with E-state index in [0.717, 1.165) is 27.7 Å². The molecule has 0 bridgehead atoms. The molecule has 0 spiro atoms. The summed E-state index contributed by atoms with van der Waals surface area (Å²) in [7, 11) is 1.34. The maximum Gasteiger partial charge on any atom is 0.283 e. The van der Waals surface area contributed by atoms with Gasteiger partial charge < -0.3 is 19.7 Å². The Labute approximate surface area is 223 Å². The number of hydrogen-bond donors (Lipinski definition) is 2. The highest BCUT2D eigenvalue weighted by atomic mass is 16.6. The predicted molar refractivity (Wildman–Crippen MR) is 145 cm³/mol. The van der Waals surface area contributed by atoms with Crippen molar-refractivity contribution in [1.82, 2.24) is 30.1 Å². The molecule has 2 aromatic carbocycles. The normalized spacial score (nSPS) is 11.9. The van der Waals surface area contributed by atoms with E-state index in [1.807, 2.05) is 54.6 Å². The molecule has 6 rings (SSSR count). The second kappa shape index (κ2) is 10.7. The molecule has 39 heavy (non-hydrogen) atoms. The maximum atomic E-state index is 9.83. The van der Waals surface area contributed by atoms with E-state index in [0.29, 0.717) is 29.3 Å². The van der Waals surface area contributed by atoms with Crippen LogP contribution in [0.2, 0.25) is 0 Å². The molecule has 10 nitrogen and oxygen atoms in total. The number of aromatic nitrogens is 6. The SMILES string of the molecule is COC(O)c1nc(-c2cncc(-c3nc(NCc4ccccn4)c4c(-c5ccccc5)cccc4n3)c2)no1. The third-order valence-electron chi connectivity index (χ3n) is 6.10. The van der Waals surface area contributed by atoms with E-state index in [-0.39, 0.29) is 11.7 Å². The number of ether oxygens (including phenoxy) is 1. The Bertz CT molecular complexity index is 1730. The summed E-state index contributed by atoms with van der Waals surface area (Å²) in [5, 5.41) is 18.1. The van der Waals surface area contributed by atoms with E-state index in [4.69, 9.17) is 19.2 Å². The Kier molecular flexibility index (Phi) is 6.69. The van der Waals surface area contributed by atoms with Gasteiger partial charge in [0.25, 0.3) is 5.89 Å². The molecule has 10 heteroatoms. The van der Waals surface area contributed by atoms with Crippen molar-refractivity contribution in [2.75, 3.05) is 12.4 Å². The fraction of sp³-hybridized carbons (Fsp3) is 0.103. The van der Waals surface area contributed by atoms with Gasteiger partial charge >= 0.3 is 0 Å². The molecule has 0 aliphatic carbocycles. The average Bonchev–Trinajstić information content (AvgIpc) is 3.51. The van der Waals surface area contributed by atoms with Crippen LogP contribution in [0, 0.1) is 0 Å². The molecular weight excluding hydrogens is 494 g/mol. The van der Waals surface area contributed by atoms with Crippen LogP contribution >= 0.6 is 0 Å². The van der Waals surface area contributed by atoms with E-state index in [2.05, 4.69) is 43.6 Å². The number of rotatable bonds is 8. The van der Waals surface area contributed by atoms with Crippen molar-refractivity contribution in [3.8, 4) is 33.9 Å². The highest BCUT2D eigenvalue weighted by Gasteiger charge is 2.18. The van der Waals surface area contributed by atoms with Crippen molar-refractivity contribution >= 4 is 16.7 Å². The molecule has 0 saturated carbocycles. The molecule has 1 atom stereocenters. The summed E-state index contributed by atoms with van der Waals surface area (Å²) in [4.78, 5) is 22.8. The van der Waals surface area contributed by atoms with Crippen LogP contribution in [-0.4, -0.2) is 42.3 Å². The molecule has 0 aliphatic rings. The lowest BCUT2D eigenvalue weighted by atomic mass is 10.0. The minimum absolute atomic E-state index is 0.0469. The smallest absolute Gasteiger partial charge is 0.283 e. The van der Waals surface area contributed by atoms with Crippen LogP contribution in [0.4, 0.5) is 5.82 Å². The number of anilines is 1. The van der Waals surface area contributed by atoms with Crippen LogP contribution in [0.1, 0.15) is 17.9 Å². The number of pyridine rings is 2. The molecule has 2 N–H and O–H groups in total. The molecule has 192 valence electrons. The third-order valence-corrected chi connectivity index (χ3v) is 6.10. The number of benzene rings is 2. The molecule has 4 heterocycles. The number of aliphatic hydroxyl groups excluding tert-OH is 1. The van der Waals surface area contributed by atoms with Crippen LogP contribution in [0.5, 0.6) is 0 Å². The summed E-state index contributed by atoms with van der Waals surface area (Å²) in [6.07, 6.45) is 3.74. The number of nitrogens with one attached hydrogen (secondary N) is 1. The van der Waals surface area contributed by atoms with Gasteiger partial charge in [0.1, 0.15) is 5.82 Å². The first-order chi connectivity index (χ1) is 19.2. The topological polar surface area (TPSA) is 132 Å². The van der Waals surface area contributed by atoms with E-state index in [1.165, 1.54) is 7.11 Å². The number of aliphatic hydroxyl groups is 1. The zero-order valence-corrected chi connectivity index (χ0v) is 20.9. The standard InChI is InChI=1S/C29H23N7O3/c1-38-29(37)28-35-26(36-39-28)20-14-19(15-30-16-20)25-33-23-12-7-11-22(18-8-3-2-4-9-18)24(23)27(34-25)32-17-21-10-5-6-13-31-21/h2-16,29,37H,17H2,1H3,(H,32,33,34). The summed E-state index contributed by atoms with van der Waals surface area (Å²) >= 11 is 0. The highest BCUT2D eigenvalue weighted by molar-refractivity contribution is 6.02. The van der Waals surface area contributed by atoms with E-state index >= 15 is 0 Å². The van der Waals surface area contributed by atoms with Gasteiger partial charge in [-0.25, -0.2) is 9.97 Å². The number of nitrogens with zero attached hydrogens (tertiary/aromatic N) is 6. The fourth-order valence-corrected chi connectivity index (χ4v) is 4.21. The Morgan fingerprint density at radius 1 is 0.872 bits per heavy atom. The number of hydrogen-bond acceptors (Lipinski definition) is 10. The first-order valence-electron chi connectivity index (χ1n) is 12.2. The van der Waals surface area contributed by atoms with Gasteiger partial charge in [-0.2, -0.15) is 4.98 Å². The van der Waals surface area contributed by atoms with Crippen LogP contribution < -0.4 is 5.32 Å². The van der Waals surface area contributed by atoms with Crippen molar-refractivity contribution in [3.05, 3.63) is 103 Å². The Morgan fingerprint density at radius 2 is 1.69 bits per heavy atom. The van der Waals surface area contributed by atoms with Crippen LogP contribution in [0.3, 0.4) is 0 Å². The van der Waals surface area contributed by atoms with Crippen molar-refractivity contribution in [1.29, 1.82) is 0 Å². The van der Waals surface area contributed by atoms with Gasteiger partial charge in [-0.05, 0) is 35.4 Å². The third kappa shape index (κ3) is 5.06. The van der Waals surface area contributed by atoms with E-state index in [1.54, 1.807) is 18.6 Å². The van der Waals surface area contributed by atoms with Gasteiger partial charge in [0, 0.05) is 36.8 Å². The van der Waals surface area contributed by atoms with E-state index < -0.39 is 6.29 Å². The van der Waals surface area contributed by atoms with Gasteiger partial charge in [-0.15, -0.1) is 0 Å². The van der Waals surface area contributed by atoms with Crippen LogP contribution in [-0.2, 0) is 11.3 Å². The minimum Gasteiger partial charge on any atom is -0.364 e. The van der Waals surface area contributed by atoms with Crippen LogP contribution in [0.25, 0.3) is 44.8 Å². The summed E-state index contributed by atoms with van der Waals surface area (Å²) in [6, 6.07) is 23.8. The Balaban J connectivity index is 1.45. The van der Waals surface area contributed by atoms with Gasteiger partial charge in [0.2, 0.25) is 12.1 Å². The zero-order chi connectivity index (χ0) is 26.6. The molecule has 4 aromatic heterocycles. The summed E-state index contributed by atoms with van der Waals surface area (Å²) < 4.78 is 9.95. The predicted octanol–water partition coefficient (Wildman–Crippen LogP) is 5.05. The van der Waals surface area contributed by atoms with E-state index in [9.17, 15) is 5.11 Å². The largest absolute Gasteiger partial charge is 0.364 e. The molecule has 0 saturated heterocycles. The monoisotopic (exact) mass is 517 g/mol. The average molecular weight is 518 g/mol. The maximum absolute atomic E-state index is 9.83. The first-order valence-corrected chi connectivity index (χ1v) is 12.2. The van der Waals surface area contributed by atoms with Crippen molar-refractivity contribution in [3.63, 3.8) is 0 Å². The number of methoxy groups -OCH3 is 1. The molecule has 1 unspecified atom stereocenters. The van der Waals surface area contributed by atoms with Gasteiger partial charge in [0.05, 0.1) is 23.1 Å². The Hall–Kier alpha value is -5.06. The fourth-order valence-electron chi connectivity index (χ4n) is 4.21. The first kappa shape index (κ1) is 24.3. The zero-order valence-electron chi connectivity index (χ0n) is 20.9. The Morgan fingerprint density at radius 3 is 2.49 bits per heavy atom. The molecule has 0 aliphatic heterocycles. The lowest BCUT2D eigenvalue weighted by Gasteiger charge is -2.14. The lowest BCUT2D eigenvalue weighted by Crippen LogP contribution is -2.06. The quantitative estimate of drug-likeness (QED) is 0.264. The summed E-state index contributed by atoms with van der Waals surface area (Å²) in [6.45, 7) is 0.487. The van der Waals surface area contributed by atoms with Gasteiger partial charge in [0.15, 0.2) is 5.82 Å². The van der Waals surface area contributed by atoms with Crippen molar-refractivity contribution < 1.29 is 14.4 Å². The minimum atomic E-state index is -1.31. The second-order valence-corrected chi connectivity index (χ2v) is 8.64. The van der Waals surface area contributed by atoms with Crippen molar-refractivity contribution in [2.24, 2.45) is 0 Å². The van der Waals surface area contributed by atoms with Gasteiger partial charge in [-0.1, -0.05) is 53.7 Å². The van der Waals surface area contributed by atoms with Crippen LogP contribution in [0.15, 0.2) is 95.9 Å². The molecule has 0 radical (unpaired) electrons. The highest BCUT2D eigenvalue weighted by Crippen LogP contribution is 2.34. The summed E-state index contributed by atoms with van der Waals surface area (Å²) in [5.41, 5.74) is 4.99. The molecule has 0 amide bonds. The molecule has 6 aromatic rings. The summed E-state index contributed by atoms with van der Waals surface area (Å²) in [5.74, 6) is 1.37.